The molecule has 0 aromatic heterocycles. The van der Waals surface area contributed by atoms with Crippen LogP contribution < -0.4 is 0 Å². The van der Waals surface area contributed by atoms with E-state index in [0.717, 1.165) is 57.6 Å². The molecule has 3 rings (SSSR count). The summed E-state index contributed by atoms with van der Waals surface area (Å²) in [5.74, 6) is 1.41. The van der Waals surface area contributed by atoms with Crippen LogP contribution in [0.4, 0.5) is 0 Å². The van der Waals surface area contributed by atoms with Gasteiger partial charge in [0.05, 0.1) is 12.9 Å². The molecule has 0 amide bonds. The van der Waals surface area contributed by atoms with E-state index in [1.807, 2.05) is 0 Å². The first-order chi connectivity index (χ1) is 13.9. The molecule has 3 fully saturated rings. The van der Waals surface area contributed by atoms with Crippen molar-refractivity contribution in [1.82, 2.24) is 0 Å². The second-order valence-electron chi connectivity index (χ2n) is 10.8. The van der Waals surface area contributed by atoms with Crippen LogP contribution in [0, 0.1) is 34.5 Å². The van der Waals surface area contributed by atoms with E-state index >= 15 is 0 Å². The molecule has 0 heterocycles. The number of fused-ring (bicyclic) bond motifs is 1. The van der Waals surface area contributed by atoms with Crippen LogP contribution in [0.1, 0.15) is 79.1 Å². The van der Waals surface area contributed by atoms with Crippen molar-refractivity contribution in [3.05, 3.63) is 12.2 Å². The Morgan fingerprint density at radius 2 is 1.87 bits per heavy atom. The average Bonchev–Trinajstić information content (AvgIpc) is 2.92. The number of carbonyl (C=O) groups is 1. The van der Waals surface area contributed by atoms with Gasteiger partial charge in [-0.15, -0.1) is 0 Å². The summed E-state index contributed by atoms with van der Waals surface area (Å²) in [7, 11) is -3.43. The van der Waals surface area contributed by atoms with Gasteiger partial charge < -0.3 is 4.74 Å². The van der Waals surface area contributed by atoms with Crippen LogP contribution in [-0.2, 0) is 23.8 Å². The first-order valence-corrected chi connectivity index (χ1v) is 13.4. The highest BCUT2D eigenvalue weighted by molar-refractivity contribution is 7.85. The number of hydrogen-bond acceptors (Lipinski definition) is 5. The van der Waals surface area contributed by atoms with Gasteiger partial charge in [-0.05, 0) is 67.6 Å². The highest BCUT2D eigenvalue weighted by Gasteiger charge is 2.58. The summed E-state index contributed by atoms with van der Waals surface area (Å²) < 4.78 is 34.1. The second-order valence-corrected chi connectivity index (χ2v) is 12.4. The van der Waals surface area contributed by atoms with E-state index in [2.05, 4.69) is 27.4 Å². The molecule has 0 aromatic rings. The van der Waals surface area contributed by atoms with Crippen LogP contribution in [0.2, 0.25) is 0 Å². The fourth-order valence-electron chi connectivity index (χ4n) is 6.96. The van der Waals surface area contributed by atoms with Crippen molar-refractivity contribution in [2.45, 2.75) is 85.2 Å². The maximum absolute atomic E-state index is 12.1. The highest BCUT2D eigenvalue weighted by Crippen LogP contribution is 2.62. The van der Waals surface area contributed by atoms with E-state index in [9.17, 15) is 13.2 Å². The van der Waals surface area contributed by atoms with Crippen molar-refractivity contribution in [2.24, 2.45) is 34.5 Å². The summed E-state index contributed by atoms with van der Waals surface area (Å²) in [6.07, 6.45) is 9.26. The Hall–Kier alpha value is -0.880. The van der Waals surface area contributed by atoms with Gasteiger partial charge in [0.2, 0.25) is 0 Å². The fourth-order valence-corrected chi connectivity index (χ4v) is 7.36. The number of esters is 1. The Kier molecular flexibility index (Phi) is 6.79. The van der Waals surface area contributed by atoms with Crippen LogP contribution in [0.5, 0.6) is 0 Å². The van der Waals surface area contributed by atoms with E-state index in [1.54, 1.807) is 0 Å². The smallest absolute Gasteiger partial charge is 0.302 e. The molecule has 0 aromatic carbocycles. The third kappa shape index (κ3) is 4.64. The monoisotopic (exact) mass is 440 g/mol. The summed E-state index contributed by atoms with van der Waals surface area (Å²) in [4.78, 5) is 12.1. The van der Waals surface area contributed by atoms with E-state index in [-0.39, 0.29) is 29.5 Å². The number of hydrogen-bond donors (Lipinski definition) is 0. The Bertz CT molecular complexity index is 774. The number of rotatable bonds is 6. The zero-order valence-corrected chi connectivity index (χ0v) is 20.2. The third-order valence-electron chi connectivity index (χ3n) is 8.86. The lowest BCUT2D eigenvalue weighted by molar-refractivity contribution is -0.172. The molecule has 0 radical (unpaired) electrons. The molecule has 0 spiro atoms. The molecule has 6 heteroatoms. The maximum atomic E-state index is 12.1. The van der Waals surface area contributed by atoms with Crippen LogP contribution in [0.3, 0.4) is 0 Å². The standard InChI is InChI=1S/C24H40O5S/c1-16-9-12-24(5,19(15-16)11-14-28-30(6,26)27)21-10-13-23(4)17(2)7-8-20(23)22(21)29-18(3)25/h16,19-22H,2,7-15H2,1,3-6H3/t16-,19-,20?,21?,22-,23+,24-/m0/s1. The molecule has 30 heavy (non-hydrogen) atoms. The molecule has 7 atom stereocenters. The van der Waals surface area contributed by atoms with Gasteiger partial charge in [0, 0.05) is 18.8 Å². The number of carbonyl (C=O) groups excluding carboxylic acids is 1. The largest absolute Gasteiger partial charge is 0.462 e. The van der Waals surface area contributed by atoms with Crippen molar-refractivity contribution >= 4 is 16.1 Å². The number of ether oxygens (including phenoxy) is 1. The van der Waals surface area contributed by atoms with Gasteiger partial charge in [0.25, 0.3) is 10.1 Å². The second kappa shape index (κ2) is 8.57. The van der Waals surface area contributed by atoms with E-state index in [0.29, 0.717) is 23.7 Å². The molecule has 172 valence electrons. The molecular weight excluding hydrogens is 400 g/mol. The lowest BCUT2D eigenvalue weighted by Gasteiger charge is -2.56. The lowest BCUT2D eigenvalue weighted by atomic mass is 9.51. The molecule has 3 saturated carbocycles. The molecule has 5 nitrogen and oxygen atoms in total. The minimum absolute atomic E-state index is 0.0126. The Morgan fingerprint density at radius 1 is 1.17 bits per heavy atom. The first-order valence-electron chi connectivity index (χ1n) is 11.6. The van der Waals surface area contributed by atoms with Crippen molar-refractivity contribution in [3.63, 3.8) is 0 Å². The predicted octanol–water partition coefficient (Wildman–Crippen LogP) is 5.11. The number of allylic oxidation sites excluding steroid dienone is 1. The maximum Gasteiger partial charge on any atom is 0.302 e. The quantitative estimate of drug-likeness (QED) is 0.326. The van der Waals surface area contributed by atoms with Crippen LogP contribution in [0.15, 0.2) is 12.2 Å². The van der Waals surface area contributed by atoms with Crippen molar-refractivity contribution < 1.29 is 22.1 Å². The minimum atomic E-state index is -3.43. The minimum Gasteiger partial charge on any atom is -0.462 e. The third-order valence-corrected chi connectivity index (χ3v) is 9.45. The summed E-state index contributed by atoms with van der Waals surface area (Å²) in [5, 5.41) is 0. The lowest BCUT2D eigenvalue weighted by Crippen LogP contribution is -2.53. The summed E-state index contributed by atoms with van der Waals surface area (Å²) >= 11 is 0. The molecule has 0 bridgehead atoms. The SMILES string of the molecule is C=C1CCC2[C@H](OC(C)=O)C([C@@]3(C)CC[C@H](C)C[C@@H]3CCOS(C)(=O)=O)CC[C@]12C. The van der Waals surface area contributed by atoms with E-state index < -0.39 is 10.1 Å². The Morgan fingerprint density at radius 3 is 2.50 bits per heavy atom. The predicted molar refractivity (Wildman–Crippen MR) is 118 cm³/mol. The molecule has 0 saturated heterocycles. The van der Waals surface area contributed by atoms with Gasteiger partial charge in [0.15, 0.2) is 0 Å². The molecular formula is C24H40O5S. The van der Waals surface area contributed by atoms with Gasteiger partial charge in [-0.1, -0.05) is 39.3 Å². The normalized spacial score (nSPS) is 42.0. The van der Waals surface area contributed by atoms with Crippen LogP contribution >= 0.6 is 0 Å². The van der Waals surface area contributed by atoms with E-state index in [1.165, 1.54) is 12.5 Å². The summed E-state index contributed by atoms with van der Waals surface area (Å²) in [6, 6.07) is 0. The molecule has 3 aliphatic rings. The molecule has 0 aliphatic heterocycles. The molecule has 2 unspecified atom stereocenters. The van der Waals surface area contributed by atoms with Gasteiger partial charge in [-0.2, -0.15) is 8.42 Å². The van der Waals surface area contributed by atoms with Crippen molar-refractivity contribution in [1.29, 1.82) is 0 Å². The summed E-state index contributed by atoms with van der Waals surface area (Å²) in [6.45, 7) is 13.1. The molecule has 3 aliphatic carbocycles. The van der Waals surface area contributed by atoms with Gasteiger partial charge in [-0.3, -0.25) is 8.98 Å². The van der Waals surface area contributed by atoms with Gasteiger partial charge in [0.1, 0.15) is 6.10 Å². The summed E-state index contributed by atoms with van der Waals surface area (Å²) in [5.41, 5.74) is 1.38. The van der Waals surface area contributed by atoms with Crippen molar-refractivity contribution in [2.75, 3.05) is 12.9 Å². The fraction of sp³-hybridized carbons (Fsp3) is 0.875. The van der Waals surface area contributed by atoms with Crippen LogP contribution in [-0.4, -0.2) is 33.4 Å². The van der Waals surface area contributed by atoms with Gasteiger partial charge in [-0.25, -0.2) is 0 Å². The zero-order valence-electron chi connectivity index (χ0n) is 19.4. The Balaban J connectivity index is 1.88. The van der Waals surface area contributed by atoms with Crippen molar-refractivity contribution in [3.8, 4) is 0 Å². The average molecular weight is 441 g/mol. The molecule has 0 N–H and O–H groups in total. The van der Waals surface area contributed by atoms with E-state index in [4.69, 9.17) is 8.92 Å². The first kappa shape index (κ1) is 23.8. The highest BCUT2D eigenvalue weighted by atomic mass is 32.2. The zero-order chi connectivity index (χ0) is 22.3. The Labute approximate surface area is 183 Å². The topological polar surface area (TPSA) is 69.7 Å². The van der Waals surface area contributed by atoms with Gasteiger partial charge >= 0.3 is 5.97 Å². The van der Waals surface area contributed by atoms with Crippen LogP contribution in [0.25, 0.3) is 0 Å².